The van der Waals surface area contributed by atoms with Crippen LogP contribution in [0.5, 0.6) is 0 Å². The van der Waals surface area contributed by atoms with Gasteiger partial charge in [-0.05, 0) is 30.7 Å². The molecule has 3 aromatic rings. The summed E-state index contributed by atoms with van der Waals surface area (Å²) in [4.78, 5) is 30.9. The van der Waals surface area contributed by atoms with Crippen molar-refractivity contribution in [2.24, 2.45) is 0 Å². The molecule has 2 aromatic carbocycles. The maximum Gasteiger partial charge on any atom is 0.325 e. The van der Waals surface area contributed by atoms with Gasteiger partial charge in [0.1, 0.15) is 11.4 Å². The Morgan fingerprint density at radius 2 is 1.88 bits per heavy atom. The first-order valence-corrected chi connectivity index (χ1v) is 8.22. The summed E-state index contributed by atoms with van der Waals surface area (Å²) in [6, 6.07) is 14.7. The number of nitrogens with one attached hydrogen (secondary N) is 1. The molecule has 0 aliphatic carbocycles. The van der Waals surface area contributed by atoms with Crippen molar-refractivity contribution in [1.29, 1.82) is 0 Å². The van der Waals surface area contributed by atoms with Crippen molar-refractivity contribution in [1.82, 2.24) is 15.2 Å². The van der Waals surface area contributed by atoms with Crippen molar-refractivity contribution in [3.8, 4) is 0 Å². The predicted octanol–water partition coefficient (Wildman–Crippen LogP) is 3.34. The van der Waals surface area contributed by atoms with Crippen molar-refractivity contribution >= 4 is 22.8 Å². The average molecular weight is 349 g/mol. The van der Waals surface area contributed by atoms with Gasteiger partial charge >= 0.3 is 6.03 Å². The number of nitrogens with zero attached hydrogens (tertiary/aromatic N) is 2. The van der Waals surface area contributed by atoms with Crippen LogP contribution in [0, 0.1) is 5.82 Å². The molecule has 0 bridgehead atoms. The monoisotopic (exact) mass is 349 g/mol. The Morgan fingerprint density at radius 1 is 1.12 bits per heavy atom. The van der Waals surface area contributed by atoms with E-state index in [4.69, 9.17) is 0 Å². The number of aromatic nitrogens is 1. The zero-order chi connectivity index (χ0) is 18.3. The highest BCUT2D eigenvalue weighted by molar-refractivity contribution is 6.07. The summed E-state index contributed by atoms with van der Waals surface area (Å²) in [5.74, 6) is -0.805. The van der Waals surface area contributed by atoms with Crippen LogP contribution in [0.15, 0.2) is 60.8 Å². The molecule has 0 spiro atoms. The Kier molecular flexibility index (Phi) is 3.68. The smallest absolute Gasteiger partial charge is 0.319 e. The number of rotatable bonds is 3. The molecule has 1 unspecified atom stereocenters. The summed E-state index contributed by atoms with van der Waals surface area (Å²) in [5.41, 5.74) is 0.613. The molecule has 5 nitrogen and oxygen atoms in total. The van der Waals surface area contributed by atoms with Crippen molar-refractivity contribution in [2.45, 2.75) is 19.0 Å². The van der Waals surface area contributed by atoms with Gasteiger partial charge in [-0.3, -0.25) is 14.7 Å². The highest BCUT2D eigenvalue weighted by Crippen LogP contribution is 2.30. The molecule has 1 aliphatic heterocycles. The summed E-state index contributed by atoms with van der Waals surface area (Å²) in [5, 5.41) is 3.38. The van der Waals surface area contributed by atoms with E-state index in [0.29, 0.717) is 22.0 Å². The molecule has 1 saturated heterocycles. The first kappa shape index (κ1) is 16.2. The second kappa shape index (κ2) is 5.91. The third-order valence-corrected chi connectivity index (χ3v) is 4.70. The first-order chi connectivity index (χ1) is 12.5. The largest absolute Gasteiger partial charge is 0.325 e. The molecule has 26 heavy (non-hydrogen) atoms. The normalized spacial score (nSPS) is 19.8. The van der Waals surface area contributed by atoms with Crippen LogP contribution in [0.2, 0.25) is 0 Å². The van der Waals surface area contributed by atoms with E-state index in [2.05, 4.69) is 10.3 Å². The molecular formula is C20H16FN3O2. The zero-order valence-electron chi connectivity index (χ0n) is 14.1. The predicted molar refractivity (Wildman–Crippen MR) is 94.6 cm³/mol. The van der Waals surface area contributed by atoms with Crippen LogP contribution in [0.4, 0.5) is 9.18 Å². The maximum absolute atomic E-state index is 14.0. The summed E-state index contributed by atoms with van der Waals surface area (Å²) in [6.45, 7) is 1.63. The lowest BCUT2D eigenvalue weighted by atomic mass is 9.92. The van der Waals surface area contributed by atoms with Crippen LogP contribution in [0.1, 0.15) is 18.1 Å². The van der Waals surface area contributed by atoms with Gasteiger partial charge in [-0.15, -0.1) is 0 Å². The summed E-state index contributed by atoms with van der Waals surface area (Å²) in [7, 11) is 0. The third kappa shape index (κ3) is 2.50. The van der Waals surface area contributed by atoms with Gasteiger partial charge in [0.15, 0.2) is 0 Å². The Labute approximate surface area is 149 Å². The van der Waals surface area contributed by atoms with Crippen molar-refractivity contribution in [2.75, 3.05) is 0 Å². The Hall–Kier alpha value is -3.28. The van der Waals surface area contributed by atoms with E-state index in [-0.39, 0.29) is 12.5 Å². The van der Waals surface area contributed by atoms with Gasteiger partial charge in [0.25, 0.3) is 5.91 Å². The maximum atomic E-state index is 14.0. The number of hydrogen-bond acceptors (Lipinski definition) is 3. The summed E-state index contributed by atoms with van der Waals surface area (Å²) >= 11 is 0. The molecule has 1 aliphatic rings. The first-order valence-electron chi connectivity index (χ1n) is 8.22. The van der Waals surface area contributed by atoms with Gasteiger partial charge in [0, 0.05) is 17.1 Å². The molecule has 1 aromatic heterocycles. The van der Waals surface area contributed by atoms with Crippen LogP contribution in [0.25, 0.3) is 10.9 Å². The van der Waals surface area contributed by atoms with Crippen molar-refractivity contribution < 1.29 is 14.0 Å². The second-order valence-corrected chi connectivity index (χ2v) is 6.45. The average Bonchev–Trinajstić information content (AvgIpc) is 2.86. The highest BCUT2D eigenvalue weighted by Gasteiger charge is 2.48. The topological polar surface area (TPSA) is 62.3 Å². The number of fused-ring (bicyclic) bond motifs is 1. The van der Waals surface area contributed by atoms with Crippen LogP contribution >= 0.6 is 0 Å². The third-order valence-electron chi connectivity index (χ3n) is 4.70. The minimum atomic E-state index is -1.14. The fourth-order valence-corrected chi connectivity index (χ4v) is 3.33. The number of urea groups is 1. The van der Waals surface area contributed by atoms with E-state index in [1.54, 1.807) is 37.4 Å². The molecule has 1 atom stereocenters. The van der Waals surface area contributed by atoms with Crippen molar-refractivity contribution in [3.05, 3.63) is 77.7 Å². The number of amides is 3. The molecule has 0 saturated carbocycles. The standard InChI is InChI=1S/C20H16FN3O2/c1-20(15-7-3-2-4-8-15)18(25)24(19(26)23-20)12-14-11-16(21)10-13-6-5-9-22-17(13)14/h2-11H,12H2,1H3,(H,23,26). The minimum absolute atomic E-state index is 0.0433. The lowest BCUT2D eigenvalue weighted by molar-refractivity contribution is -0.131. The van der Waals surface area contributed by atoms with Crippen LogP contribution < -0.4 is 5.32 Å². The van der Waals surface area contributed by atoms with E-state index in [1.807, 2.05) is 18.2 Å². The van der Waals surface area contributed by atoms with Gasteiger partial charge in [-0.1, -0.05) is 36.4 Å². The molecular weight excluding hydrogens is 333 g/mol. The molecule has 4 rings (SSSR count). The van der Waals surface area contributed by atoms with Gasteiger partial charge in [-0.2, -0.15) is 0 Å². The van der Waals surface area contributed by atoms with Crippen LogP contribution in [-0.4, -0.2) is 21.8 Å². The van der Waals surface area contributed by atoms with Crippen LogP contribution in [0.3, 0.4) is 0 Å². The molecule has 3 amide bonds. The quantitative estimate of drug-likeness (QED) is 0.738. The molecule has 130 valence electrons. The Balaban J connectivity index is 1.72. The number of hydrogen-bond donors (Lipinski definition) is 1. The summed E-state index contributed by atoms with van der Waals surface area (Å²) in [6.07, 6.45) is 1.60. The number of imide groups is 1. The molecule has 1 fully saturated rings. The number of halogens is 1. The fourth-order valence-electron chi connectivity index (χ4n) is 3.33. The van der Waals surface area contributed by atoms with Gasteiger partial charge in [-0.25, -0.2) is 9.18 Å². The lowest BCUT2D eigenvalue weighted by Gasteiger charge is -2.22. The molecule has 2 heterocycles. The van der Waals surface area contributed by atoms with E-state index in [0.717, 1.165) is 4.90 Å². The number of pyridine rings is 1. The van der Waals surface area contributed by atoms with Crippen molar-refractivity contribution in [3.63, 3.8) is 0 Å². The zero-order valence-corrected chi connectivity index (χ0v) is 14.1. The van der Waals surface area contributed by atoms with E-state index in [1.165, 1.54) is 12.1 Å². The summed E-state index contributed by atoms with van der Waals surface area (Å²) < 4.78 is 14.0. The highest BCUT2D eigenvalue weighted by atomic mass is 19.1. The minimum Gasteiger partial charge on any atom is -0.319 e. The Morgan fingerprint density at radius 3 is 2.65 bits per heavy atom. The molecule has 1 N–H and O–H groups in total. The lowest BCUT2D eigenvalue weighted by Crippen LogP contribution is -2.40. The van der Waals surface area contributed by atoms with Crippen LogP contribution in [-0.2, 0) is 16.9 Å². The Bertz CT molecular complexity index is 1020. The fraction of sp³-hybridized carbons (Fsp3) is 0.150. The SMILES string of the molecule is CC1(c2ccccc2)NC(=O)N(Cc2cc(F)cc3cccnc23)C1=O. The number of benzene rings is 2. The van der Waals surface area contributed by atoms with Gasteiger partial charge in [0.2, 0.25) is 0 Å². The van der Waals surface area contributed by atoms with E-state index < -0.39 is 17.4 Å². The van der Waals surface area contributed by atoms with Gasteiger partial charge < -0.3 is 5.32 Å². The number of carbonyl (C=O) groups excluding carboxylic acids is 2. The number of carbonyl (C=O) groups is 2. The molecule has 6 heteroatoms. The van der Waals surface area contributed by atoms with E-state index in [9.17, 15) is 14.0 Å². The molecule has 0 radical (unpaired) electrons. The van der Waals surface area contributed by atoms with Gasteiger partial charge in [0.05, 0.1) is 12.1 Å². The second-order valence-electron chi connectivity index (χ2n) is 6.45. The van der Waals surface area contributed by atoms with E-state index >= 15 is 0 Å².